The average molecular weight is 406 g/mol. The standard InChI is InChI=1S/C21H24F2N2O4/c1-14(24-20(27)16-7-5-4-6-8-16)11-19(26)25(2)13-15-9-10-17(29-21(22)23)18(12-15)28-3/h4-10,12,14,21H,11,13H2,1-3H3,(H,24,27). The van der Waals surface area contributed by atoms with Crippen LogP contribution in [0.2, 0.25) is 0 Å². The molecule has 0 aliphatic heterocycles. The van der Waals surface area contributed by atoms with Crippen molar-refractivity contribution in [1.82, 2.24) is 10.2 Å². The second-order valence-electron chi connectivity index (χ2n) is 6.56. The highest BCUT2D eigenvalue weighted by atomic mass is 19.3. The van der Waals surface area contributed by atoms with Gasteiger partial charge >= 0.3 is 6.61 Å². The highest BCUT2D eigenvalue weighted by molar-refractivity contribution is 5.94. The lowest BCUT2D eigenvalue weighted by Crippen LogP contribution is -2.37. The van der Waals surface area contributed by atoms with Gasteiger partial charge in [-0.1, -0.05) is 24.3 Å². The third-order valence-electron chi connectivity index (χ3n) is 4.18. The third kappa shape index (κ3) is 6.74. The molecule has 0 heterocycles. The van der Waals surface area contributed by atoms with Crippen molar-refractivity contribution >= 4 is 11.8 Å². The molecular weight excluding hydrogens is 382 g/mol. The Hall–Kier alpha value is -3.16. The molecule has 0 aliphatic carbocycles. The Morgan fingerprint density at radius 3 is 2.41 bits per heavy atom. The number of methoxy groups -OCH3 is 1. The smallest absolute Gasteiger partial charge is 0.387 e. The number of hydrogen-bond acceptors (Lipinski definition) is 4. The number of carbonyl (C=O) groups is 2. The first-order valence-corrected chi connectivity index (χ1v) is 9.01. The molecular formula is C21H24F2N2O4. The first-order chi connectivity index (χ1) is 13.8. The number of benzene rings is 2. The quantitative estimate of drug-likeness (QED) is 0.693. The van der Waals surface area contributed by atoms with Crippen LogP contribution in [0.4, 0.5) is 8.78 Å². The van der Waals surface area contributed by atoms with Crippen molar-refractivity contribution in [2.45, 2.75) is 32.5 Å². The highest BCUT2D eigenvalue weighted by Crippen LogP contribution is 2.29. The first-order valence-electron chi connectivity index (χ1n) is 9.01. The summed E-state index contributed by atoms with van der Waals surface area (Å²) in [6.45, 7) is -0.943. The molecule has 0 bridgehead atoms. The van der Waals surface area contributed by atoms with Crippen LogP contribution in [0.15, 0.2) is 48.5 Å². The number of amides is 2. The predicted molar refractivity (Wildman–Crippen MR) is 104 cm³/mol. The zero-order valence-corrected chi connectivity index (χ0v) is 16.5. The summed E-state index contributed by atoms with van der Waals surface area (Å²) in [6, 6.07) is 12.9. The first kappa shape index (κ1) is 22.1. The highest BCUT2D eigenvalue weighted by Gasteiger charge is 2.17. The molecule has 0 aromatic heterocycles. The van der Waals surface area contributed by atoms with E-state index in [1.165, 1.54) is 18.1 Å². The van der Waals surface area contributed by atoms with E-state index in [4.69, 9.17) is 4.74 Å². The van der Waals surface area contributed by atoms with Crippen LogP contribution >= 0.6 is 0 Å². The molecule has 2 aromatic carbocycles. The Morgan fingerprint density at radius 2 is 1.79 bits per heavy atom. The van der Waals surface area contributed by atoms with E-state index < -0.39 is 6.61 Å². The molecule has 0 fully saturated rings. The van der Waals surface area contributed by atoms with Crippen LogP contribution in [0.25, 0.3) is 0 Å². The molecule has 2 rings (SSSR count). The molecule has 0 aliphatic rings. The molecule has 0 spiro atoms. The van der Waals surface area contributed by atoms with Gasteiger partial charge in [0.15, 0.2) is 11.5 Å². The van der Waals surface area contributed by atoms with Crippen LogP contribution < -0.4 is 14.8 Å². The maximum absolute atomic E-state index is 12.5. The van der Waals surface area contributed by atoms with E-state index in [1.54, 1.807) is 50.4 Å². The Bertz CT molecular complexity index is 831. The van der Waals surface area contributed by atoms with Gasteiger partial charge < -0.3 is 19.7 Å². The van der Waals surface area contributed by atoms with E-state index in [2.05, 4.69) is 10.1 Å². The molecule has 2 aromatic rings. The number of nitrogens with one attached hydrogen (secondary N) is 1. The minimum Gasteiger partial charge on any atom is -0.493 e. The molecule has 1 unspecified atom stereocenters. The molecule has 0 saturated carbocycles. The van der Waals surface area contributed by atoms with Crippen molar-refractivity contribution < 1.29 is 27.8 Å². The molecule has 1 atom stereocenters. The maximum Gasteiger partial charge on any atom is 0.387 e. The van der Waals surface area contributed by atoms with Crippen molar-refractivity contribution in [2.24, 2.45) is 0 Å². The molecule has 156 valence electrons. The van der Waals surface area contributed by atoms with Crippen molar-refractivity contribution in [2.75, 3.05) is 14.2 Å². The van der Waals surface area contributed by atoms with Gasteiger partial charge in [0.25, 0.3) is 5.91 Å². The molecule has 29 heavy (non-hydrogen) atoms. The molecule has 0 radical (unpaired) electrons. The van der Waals surface area contributed by atoms with E-state index >= 15 is 0 Å². The summed E-state index contributed by atoms with van der Waals surface area (Å²) in [7, 11) is 2.98. The fraction of sp³-hybridized carbons (Fsp3) is 0.333. The lowest BCUT2D eigenvalue weighted by molar-refractivity contribution is -0.130. The number of rotatable bonds is 9. The Balaban J connectivity index is 1.92. The number of alkyl halides is 2. The number of hydrogen-bond donors (Lipinski definition) is 1. The number of nitrogens with zero attached hydrogens (tertiary/aromatic N) is 1. The summed E-state index contributed by atoms with van der Waals surface area (Å²) in [6.07, 6.45) is 0.124. The number of carbonyl (C=O) groups excluding carboxylic acids is 2. The van der Waals surface area contributed by atoms with Gasteiger partial charge in [0.05, 0.1) is 7.11 Å². The summed E-state index contributed by atoms with van der Waals surface area (Å²) in [4.78, 5) is 26.1. The fourth-order valence-electron chi connectivity index (χ4n) is 2.73. The third-order valence-corrected chi connectivity index (χ3v) is 4.18. The van der Waals surface area contributed by atoms with Gasteiger partial charge in [-0.05, 0) is 36.8 Å². The van der Waals surface area contributed by atoms with Gasteiger partial charge in [-0.25, -0.2) is 0 Å². The fourth-order valence-corrected chi connectivity index (χ4v) is 2.73. The monoisotopic (exact) mass is 406 g/mol. The summed E-state index contributed by atoms with van der Waals surface area (Å²) in [5, 5.41) is 2.80. The van der Waals surface area contributed by atoms with Crippen molar-refractivity contribution in [3.8, 4) is 11.5 Å². The largest absolute Gasteiger partial charge is 0.493 e. The van der Waals surface area contributed by atoms with Gasteiger partial charge in [-0.15, -0.1) is 0 Å². The minimum atomic E-state index is -2.95. The maximum atomic E-state index is 12.5. The van der Waals surface area contributed by atoms with Crippen molar-refractivity contribution in [1.29, 1.82) is 0 Å². The lowest BCUT2D eigenvalue weighted by atomic mass is 10.1. The van der Waals surface area contributed by atoms with Crippen LogP contribution in [0.3, 0.4) is 0 Å². The Labute approximate surface area is 168 Å². The van der Waals surface area contributed by atoms with Crippen molar-refractivity contribution in [3.63, 3.8) is 0 Å². The summed E-state index contributed by atoms with van der Waals surface area (Å²) >= 11 is 0. The van der Waals surface area contributed by atoms with Crippen LogP contribution in [-0.2, 0) is 11.3 Å². The van der Waals surface area contributed by atoms with Gasteiger partial charge in [0, 0.05) is 31.6 Å². The van der Waals surface area contributed by atoms with Crippen LogP contribution in [0.5, 0.6) is 11.5 Å². The summed E-state index contributed by atoms with van der Waals surface area (Å²) < 4.78 is 34.3. The number of ether oxygens (including phenoxy) is 2. The Kier molecular flexibility index (Phi) is 7.94. The molecule has 6 nitrogen and oxygen atoms in total. The second-order valence-corrected chi connectivity index (χ2v) is 6.56. The second kappa shape index (κ2) is 10.4. The molecule has 8 heteroatoms. The van der Waals surface area contributed by atoms with Gasteiger partial charge in [-0.2, -0.15) is 8.78 Å². The topological polar surface area (TPSA) is 67.9 Å². The molecule has 0 saturated heterocycles. The average Bonchev–Trinajstić information content (AvgIpc) is 2.69. The van der Waals surface area contributed by atoms with Crippen LogP contribution in [0.1, 0.15) is 29.3 Å². The summed E-state index contributed by atoms with van der Waals surface area (Å²) in [5.41, 5.74) is 1.22. The zero-order valence-electron chi connectivity index (χ0n) is 16.5. The normalized spacial score (nSPS) is 11.7. The van der Waals surface area contributed by atoms with Gasteiger partial charge in [0.2, 0.25) is 5.91 Å². The van der Waals surface area contributed by atoms with Crippen molar-refractivity contribution in [3.05, 3.63) is 59.7 Å². The summed E-state index contributed by atoms with van der Waals surface area (Å²) in [5.74, 6) is -0.324. The predicted octanol–water partition coefficient (Wildman–Crippen LogP) is 3.46. The van der Waals surface area contributed by atoms with E-state index in [9.17, 15) is 18.4 Å². The SMILES string of the molecule is COc1cc(CN(C)C(=O)CC(C)NC(=O)c2ccccc2)ccc1OC(F)F. The molecule has 1 N–H and O–H groups in total. The van der Waals surface area contributed by atoms with E-state index in [0.29, 0.717) is 11.1 Å². The Morgan fingerprint density at radius 1 is 1.10 bits per heavy atom. The van der Waals surface area contributed by atoms with E-state index in [0.717, 1.165) is 0 Å². The minimum absolute atomic E-state index is 0.0718. The van der Waals surface area contributed by atoms with Gasteiger partial charge in [-0.3, -0.25) is 9.59 Å². The number of halogens is 2. The van der Waals surface area contributed by atoms with Crippen LogP contribution in [0, 0.1) is 0 Å². The van der Waals surface area contributed by atoms with E-state index in [-0.39, 0.29) is 42.3 Å². The zero-order chi connectivity index (χ0) is 21.4. The van der Waals surface area contributed by atoms with Gasteiger partial charge in [0.1, 0.15) is 0 Å². The van der Waals surface area contributed by atoms with Crippen LogP contribution in [-0.4, -0.2) is 43.5 Å². The van der Waals surface area contributed by atoms with E-state index in [1.807, 2.05) is 6.07 Å². The lowest BCUT2D eigenvalue weighted by Gasteiger charge is -2.21. The molecule has 2 amide bonds.